The molecule has 0 saturated carbocycles. The van der Waals surface area contributed by atoms with Crippen LogP contribution in [0.5, 0.6) is 0 Å². The van der Waals surface area contributed by atoms with Gasteiger partial charge in [-0.1, -0.05) is 0 Å². The number of nitrogens with zero attached hydrogens (tertiary/aromatic N) is 2. The number of rotatable bonds is 5. The molecule has 8 nitrogen and oxygen atoms in total. The second kappa shape index (κ2) is 6.15. The average molecular weight is 251 g/mol. The standard InChI is InChI=1S/C10H10N4O4/c1-2-18-9(15)6-13-10-7(4-11)3-8(5-12-10)14(16)17/h3,5H,2,6H2,1H3,(H,12,13)/p+1. The zero-order valence-electron chi connectivity index (χ0n) is 9.60. The van der Waals surface area contributed by atoms with E-state index in [1.165, 1.54) is 0 Å². The van der Waals surface area contributed by atoms with Gasteiger partial charge in [-0.25, -0.2) is 9.78 Å². The van der Waals surface area contributed by atoms with Gasteiger partial charge in [0.05, 0.1) is 11.5 Å². The number of hydrogen-bond acceptors (Lipinski definition) is 6. The number of nitrogens with one attached hydrogen (secondary N) is 2. The summed E-state index contributed by atoms with van der Waals surface area (Å²) in [5.41, 5.74) is -0.179. The van der Waals surface area contributed by atoms with Crippen molar-refractivity contribution in [2.45, 2.75) is 6.92 Å². The first-order valence-electron chi connectivity index (χ1n) is 5.08. The fraction of sp³-hybridized carbons (Fsp3) is 0.300. The van der Waals surface area contributed by atoms with Gasteiger partial charge in [0.15, 0.2) is 12.7 Å². The van der Waals surface area contributed by atoms with Crippen LogP contribution in [-0.4, -0.2) is 24.0 Å². The Labute approximate surface area is 102 Å². The van der Waals surface area contributed by atoms with E-state index in [4.69, 9.17) is 10.00 Å². The second-order valence-electron chi connectivity index (χ2n) is 3.17. The first-order chi connectivity index (χ1) is 8.58. The van der Waals surface area contributed by atoms with Gasteiger partial charge in [0.25, 0.3) is 5.82 Å². The molecule has 8 heteroatoms. The molecule has 0 atom stereocenters. The van der Waals surface area contributed by atoms with Crippen LogP contribution in [0.25, 0.3) is 0 Å². The number of H-pyrrole nitrogens is 1. The van der Waals surface area contributed by atoms with Crippen molar-refractivity contribution in [3.05, 3.63) is 27.9 Å². The fourth-order valence-electron chi connectivity index (χ4n) is 1.20. The Morgan fingerprint density at radius 3 is 3.00 bits per heavy atom. The maximum absolute atomic E-state index is 11.1. The van der Waals surface area contributed by atoms with Crippen LogP contribution in [0.4, 0.5) is 11.5 Å². The molecular formula is C10H11N4O4+. The molecule has 0 saturated heterocycles. The summed E-state index contributed by atoms with van der Waals surface area (Å²) in [5, 5.41) is 22.0. The van der Waals surface area contributed by atoms with Crippen molar-refractivity contribution in [1.29, 1.82) is 5.26 Å². The lowest BCUT2D eigenvalue weighted by Crippen LogP contribution is -2.22. The smallest absolute Gasteiger partial charge is 0.347 e. The van der Waals surface area contributed by atoms with Crippen LogP contribution in [0, 0.1) is 21.4 Å². The van der Waals surface area contributed by atoms with Crippen molar-refractivity contribution in [2.75, 3.05) is 18.5 Å². The number of nitro groups is 1. The highest BCUT2D eigenvalue weighted by molar-refractivity contribution is 5.74. The van der Waals surface area contributed by atoms with Gasteiger partial charge in [-0.2, -0.15) is 5.26 Å². The largest absolute Gasteiger partial charge is 0.463 e. The topological polar surface area (TPSA) is 119 Å². The van der Waals surface area contributed by atoms with E-state index in [-0.39, 0.29) is 30.2 Å². The summed E-state index contributed by atoms with van der Waals surface area (Å²) in [5.74, 6) is -0.246. The number of hydrogen-bond donors (Lipinski definition) is 1. The molecule has 0 bridgehead atoms. The Balaban J connectivity index is 2.81. The van der Waals surface area contributed by atoms with E-state index in [9.17, 15) is 14.9 Å². The summed E-state index contributed by atoms with van der Waals surface area (Å²) in [6.45, 7) is 1.81. The van der Waals surface area contributed by atoms with E-state index in [1.54, 1.807) is 13.0 Å². The number of aromatic nitrogens is 1. The van der Waals surface area contributed by atoms with Crippen molar-refractivity contribution in [1.82, 2.24) is 0 Å². The Kier molecular flexibility index (Phi) is 4.57. The molecule has 0 aliphatic carbocycles. The predicted octanol–water partition coefficient (Wildman–Crippen LogP) is 0.256. The number of esters is 1. The number of aromatic amines is 1. The first-order valence-corrected chi connectivity index (χ1v) is 5.08. The van der Waals surface area contributed by atoms with Gasteiger partial charge in [-0.3, -0.25) is 15.4 Å². The quantitative estimate of drug-likeness (QED) is 0.455. The number of anilines is 1. The lowest BCUT2D eigenvalue weighted by atomic mass is 10.2. The van der Waals surface area contributed by atoms with Crippen molar-refractivity contribution >= 4 is 17.5 Å². The molecule has 0 amide bonds. The molecule has 18 heavy (non-hydrogen) atoms. The summed E-state index contributed by atoms with van der Waals surface area (Å²) in [7, 11) is 0. The van der Waals surface area contributed by atoms with Crippen LogP contribution in [0.15, 0.2) is 12.3 Å². The molecule has 1 rings (SSSR count). The minimum atomic E-state index is -0.619. The minimum Gasteiger partial charge on any atom is -0.463 e. The van der Waals surface area contributed by atoms with E-state index >= 15 is 0 Å². The van der Waals surface area contributed by atoms with Gasteiger partial charge in [0.1, 0.15) is 11.6 Å². The fourth-order valence-corrected chi connectivity index (χ4v) is 1.20. The Bertz CT molecular complexity index is 509. The maximum atomic E-state index is 11.1. The van der Waals surface area contributed by atoms with Gasteiger partial charge in [-0.05, 0) is 6.92 Å². The first kappa shape index (κ1) is 13.4. The summed E-state index contributed by atoms with van der Waals surface area (Å²) in [4.78, 5) is 23.5. The molecule has 1 heterocycles. The SMILES string of the molecule is CCOC(=O)CNc1[nH+]cc([N+](=O)[O-])cc1C#N. The molecule has 0 spiro atoms. The normalized spacial score (nSPS) is 9.33. The number of pyridine rings is 1. The van der Waals surface area contributed by atoms with Crippen LogP contribution in [-0.2, 0) is 9.53 Å². The van der Waals surface area contributed by atoms with Crippen LogP contribution < -0.4 is 10.3 Å². The van der Waals surface area contributed by atoms with Crippen LogP contribution in [0.1, 0.15) is 12.5 Å². The maximum Gasteiger partial charge on any atom is 0.347 e. The number of carbonyl (C=O) groups excluding carboxylic acids is 1. The van der Waals surface area contributed by atoms with Gasteiger partial charge in [0.2, 0.25) is 0 Å². The van der Waals surface area contributed by atoms with Gasteiger partial charge in [-0.15, -0.1) is 0 Å². The molecule has 0 aliphatic rings. The third-order valence-electron chi connectivity index (χ3n) is 1.97. The summed E-state index contributed by atoms with van der Waals surface area (Å²) >= 11 is 0. The summed E-state index contributed by atoms with van der Waals surface area (Å²) in [6, 6.07) is 2.91. The van der Waals surface area contributed by atoms with Crippen molar-refractivity contribution in [3.8, 4) is 6.07 Å². The summed E-state index contributed by atoms with van der Waals surface area (Å²) in [6.07, 6.45) is 1.13. The molecule has 1 aromatic rings. The molecule has 0 unspecified atom stereocenters. The molecule has 2 N–H and O–H groups in total. The van der Waals surface area contributed by atoms with Crippen LogP contribution in [0.2, 0.25) is 0 Å². The highest BCUT2D eigenvalue weighted by Crippen LogP contribution is 2.14. The Morgan fingerprint density at radius 2 is 2.44 bits per heavy atom. The van der Waals surface area contributed by atoms with Crippen molar-refractivity contribution < 1.29 is 19.4 Å². The molecule has 0 aromatic carbocycles. The Hall–Kier alpha value is -2.69. The third-order valence-corrected chi connectivity index (χ3v) is 1.97. The molecular weight excluding hydrogens is 240 g/mol. The van der Waals surface area contributed by atoms with E-state index in [0.717, 1.165) is 12.3 Å². The number of carbonyl (C=O) groups is 1. The van der Waals surface area contributed by atoms with E-state index in [1.807, 2.05) is 0 Å². The van der Waals surface area contributed by atoms with Crippen LogP contribution >= 0.6 is 0 Å². The average Bonchev–Trinajstić information content (AvgIpc) is 2.36. The number of nitriles is 1. The van der Waals surface area contributed by atoms with E-state index in [0.29, 0.717) is 0 Å². The molecule has 1 aromatic heterocycles. The minimum absolute atomic E-state index is 0.0495. The van der Waals surface area contributed by atoms with Gasteiger partial charge in [0, 0.05) is 6.07 Å². The number of ether oxygens (including phenoxy) is 1. The highest BCUT2D eigenvalue weighted by atomic mass is 16.6. The van der Waals surface area contributed by atoms with Crippen molar-refractivity contribution in [3.63, 3.8) is 0 Å². The molecule has 0 radical (unpaired) electrons. The Morgan fingerprint density at radius 1 is 1.72 bits per heavy atom. The lowest BCUT2D eigenvalue weighted by Gasteiger charge is -2.00. The third kappa shape index (κ3) is 3.41. The second-order valence-corrected chi connectivity index (χ2v) is 3.17. The van der Waals surface area contributed by atoms with Crippen LogP contribution in [0.3, 0.4) is 0 Å². The summed E-state index contributed by atoms with van der Waals surface area (Å²) < 4.78 is 4.69. The lowest BCUT2D eigenvalue weighted by molar-refractivity contribution is -0.413. The van der Waals surface area contributed by atoms with E-state index < -0.39 is 10.9 Å². The molecule has 0 aliphatic heterocycles. The van der Waals surface area contributed by atoms with Gasteiger partial charge < -0.3 is 4.74 Å². The molecule has 94 valence electrons. The van der Waals surface area contributed by atoms with Gasteiger partial charge >= 0.3 is 11.7 Å². The molecule has 0 fully saturated rings. The zero-order chi connectivity index (χ0) is 13.5. The predicted molar refractivity (Wildman–Crippen MR) is 59.5 cm³/mol. The van der Waals surface area contributed by atoms with Crippen molar-refractivity contribution in [2.24, 2.45) is 0 Å². The zero-order valence-corrected chi connectivity index (χ0v) is 9.60. The monoisotopic (exact) mass is 251 g/mol. The van der Waals surface area contributed by atoms with E-state index in [2.05, 4.69) is 10.3 Å². The highest BCUT2D eigenvalue weighted by Gasteiger charge is 2.17.